The third kappa shape index (κ3) is 6.83. The molecule has 0 aliphatic heterocycles. The molecular formula is C25H32BrOP. The van der Waals surface area contributed by atoms with E-state index in [1.54, 1.807) is 0 Å². The van der Waals surface area contributed by atoms with Crippen LogP contribution < -0.4 is 5.30 Å². The fraction of sp³-hybridized carbons (Fsp3) is 0.320. The molecule has 0 fully saturated rings. The monoisotopic (exact) mass is 458 g/mol. The van der Waals surface area contributed by atoms with Gasteiger partial charge in [0.1, 0.15) is 0 Å². The van der Waals surface area contributed by atoms with Crippen molar-refractivity contribution in [2.45, 2.75) is 47.5 Å². The molecule has 2 rings (SSSR count). The number of Topliss-reactive ketones (excluding diaryl/α,β-unsaturated/α-hetero) is 1. The van der Waals surface area contributed by atoms with E-state index in [-0.39, 0.29) is 28.2 Å². The van der Waals surface area contributed by atoms with E-state index >= 15 is 0 Å². The van der Waals surface area contributed by atoms with Gasteiger partial charge in [-0.05, 0) is 54.6 Å². The van der Waals surface area contributed by atoms with E-state index in [1.165, 1.54) is 22.0 Å². The van der Waals surface area contributed by atoms with Gasteiger partial charge in [-0.1, -0.05) is 85.7 Å². The van der Waals surface area contributed by atoms with Gasteiger partial charge in [0.25, 0.3) is 0 Å². The zero-order chi connectivity index (χ0) is 20.0. The lowest BCUT2D eigenvalue weighted by Crippen LogP contribution is -2.09. The lowest BCUT2D eigenvalue weighted by Gasteiger charge is -2.19. The minimum Gasteiger partial charge on any atom is -0.295 e. The number of rotatable bonds is 6. The zero-order valence-electron chi connectivity index (χ0n) is 17.6. The van der Waals surface area contributed by atoms with Crippen LogP contribution >= 0.6 is 26.2 Å². The summed E-state index contributed by atoms with van der Waals surface area (Å²) in [7, 11) is 2.79. The molecule has 0 heterocycles. The maximum Gasteiger partial charge on any atom is 0.159 e. The molecule has 1 nitrogen and oxygen atoms in total. The standard InChI is InChI=1S/C25H31OP.BrH/c1-18(13-15-21-11-6-7-12-24(21)27)9-8-10-19(2)14-16-22-20(3)23(26)17-25(22,4)5;/h6-14,16H,15,17,27H2,1-5H3;1H. The summed E-state index contributed by atoms with van der Waals surface area (Å²) >= 11 is 0. The number of carbonyl (C=O) groups is 1. The molecule has 1 aliphatic carbocycles. The van der Waals surface area contributed by atoms with Crippen LogP contribution in [0.1, 0.15) is 46.6 Å². The molecule has 0 saturated heterocycles. The molecular weight excluding hydrogens is 427 g/mol. The number of benzene rings is 1. The van der Waals surface area contributed by atoms with Crippen LogP contribution in [0.5, 0.6) is 0 Å². The Morgan fingerprint density at radius 2 is 1.82 bits per heavy atom. The van der Waals surface area contributed by atoms with Crippen LogP contribution in [-0.2, 0) is 11.2 Å². The molecule has 1 aliphatic rings. The van der Waals surface area contributed by atoms with Gasteiger partial charge in [-0.3, -0.25) is 4.79 Å². The predicted molar refractivity (Wildman–Crippen MR) is 132 cm³/mol. The van der Waals surface area contributed by atoms with Gasteiger partial charge in [0, 0.05) is 6.42 Å². The quantitative estimate of drug-likeness (QED) is 0.345. The Morgan fingerprint density at radius 3 is 2.43 bits per heavy atom. The first kappa shape index (κ1) is 24.5. The summed E-state index contributed by atoms with van der Waals surface area (Å²) < 4.78 is 0. The number of allylic oxidation sites excluding steroid dienone is 10. The SMILES string of the molecule is Br.CC(C=CC1=C(C)C(=O)CC1(C)C)=CC=CC(C)=CCc1ccccc1P. The molecule has 0 spiro atoms. The molecule has 3 heteroatoms. The van der Waals surface area contributed by atoms with E-state index < -0.39 is 0 Å². The number of halogens is 1. The first-order chi connectivity index (χ1) is 12.7. The molecule has 0 saturated carbocycles. The van der Waals surface area contributed by atoms with Crippen molar-refractivity contribution < 1.29 is 4.79 Å². The lowest BCUT2D eigenvalue weighted by molar-refractivity contribution is -0.115. The van der Waals surface area contributed by atoms with E-state index in [1.807, 2.05) is 6.92 Å². The summed E-state index contributed by atoms with van der Waals surface area (Å²) in [5.74, 6) is 0.272. The minimum atomic E-state index is -0.0546. The largest absolute Gasteiger partial charge is 0.295 e. The van der Waals surface area contributed by atoms with Gasteiger partial charge in [-0.2, -0.15) is 0 Å². The van der Waals surface area contributed by atoms with Crippen LogP contribution in [0.15, 0.2) is 83.0 Å². The van der Waals surface area contributed by atoms with Crippen molar-refractivity contribution in [3.63, 3.8) is 0 Å². The second-order valence-electron chi connectivity index (χ2n) is 7.98. The van der Waals surface area contributed by atoms with Gasteiger partial charge >= 0.3 is 0 Å². The fourth-order valence-corrected chi connectivity index (χ4v) is 3.64. The molecule has 0 amide bonds. The summed E-state index contributed by atoms with van der Waals surface area (Å²) in [6.07, 6.45) is 14.3. The van der Waals surface area contributed by atoms with Crippen LogP contribution in [0.25, 0.3) is 0 Å². The van der Waals surface area contributed by atoms with Gasteiger partial charge in [-0.15, -0.1) is 26.2 Å². The Hall–Kier alpha value is -1.50. The molecule has 1 atom stereocenters. The first-order valence-corrected chi connectivity index (χ1v) is 10.1. The van der Waals surface area contributed by atoms with Gasteiger partial charge in [0.2, 0.25) is 0 Å². The number of hydrogen-bond donors (Lipinski definition) is 0. The number of carbonyl (C=O) groups excluding carboxylic acids is 1. The van der Waals surface area contributed by atoms with Gasteiger partial charge in [-0.25, -0.2) is 0 Å². The van der Waals surface area contributed by atoms with E-state index in [0.29, 0.717) is 6.42 Å². The summed E-state index contributed by atoms with van der Waals surface area (Å²) in [5.41, 5.74) is 5.77. The number of ketones is 1. The van der Waals surface area contributed by atoms with Gasteiger partial charge in [0.15, 0.2) is 5.78 Å². The highest BCUT2D eigenvalue weighted by Gasteiger charge is 2.34. The Morgan fingerprint density at radius 1 is 1.14 bits per heavy atom. The Balaban J connectivity index is 0.00000392. The smallest absolute Gasteiger partial charge is 0.159 e. The lowest BCUT2D eigenvalue weighted by atomic mass is 9.85. The van der Waals surface area contributed by atoms with Crippen molar-refractivity contribution in [3.05, 3.63) is 88.6 Å². The highest BCUT2D eigenvalue weighted by molar-refractivity contribution is 8.93. The van der Waals surface area contributed by atoms with Crippen molar-refractivity contribution >= 4 is 37.3 Å². The predicted octanol–water partition coefficient (Wildman–Crippen LogP) is 6.63. The zero-order valence-corrected chi connectivity index (χ0v) is 20.4. The van der Waals surface area contributed by atoms with Crippen molar-refractivity contribution in [3.8, 4) is 0 Å². The Labute approximate surface area is 183 Å². The van der Waals surface area contributed by atoms with Crippen LogP contribution in [-0.4, -0.2) is 5.78 Å². The molecule has 150 valence electrons. The molecule has 0 aromatic heterocycles. The van der Waals surface area contributed by atoms with Crippen molar-refractivity contribution in [1.29, 1.82) is 0 Å². The van der Waals surface area contributed by atoms with Crippen molar-refractivity contribution in [1.82, 2.24) is 0 Å². The topological polar surface area (TPSA) is 17.1 Å². The normalized spacial score (nSPS) is 17.7. The molecule has 1 aromatic rings. The number of hydrogen-bond acceptors (Lipinski definition) is 1. The molecule has 28 heavy (non-hydrogen) atoms. The van der Waals surface area contributed by atoms with E-state index in [0.717, 1.165) is 17.6 Å². The maximum atomic E-state index is 12.0. The fourth-order valence-electron chi connectivity index (χ4n) is 3.32. The van der Waals surface area contributed by atoms with Gasteiger partial charge in [0.05, 0.1) is 0 Å². The van der Waals surface area contributed by atoms with Crippen LogP contribution in [0.3, 0.4) is 0 Å². The highest BCUT2D eigenvalue weighted by atomic mass is 79.9. The summed E-state index contributed by atoms with van der Waals surface area (Å²) in [6, 6.07) is 8.42. The summed E-state index contributed by atoms with van der Waals surface area (Å²) in [6.45, 7) is 10.4. The van der Waals surface area contributed by atoms with E-state index in [9.17, 15) is 4.79 Å². The average Bonchev–Trinajstić information content (AvgIpc) is 2.79. The minimum absolute atomic E-state index is 0. The Bertz CT molecular complexity index is 866. The Kier molecular flexibility index (Phi) is 9.54. The molecule has 0 N–H and O–H groups in total. The first-order valence-electron chi connectivity index (χ1n) is 9.48. The molecule has 0 bridgehead atoms. The van der Waals surface area contributed by atoms with E-state index in [4.69, 9.17) is 0 Å². The molecule has 1 aromatic carbocycles. The average molecular weight is 459 g/mol. The third-order valence-corrected chi connectivity index (χ3v) is 5.65. The second-order valence-corrected chi connectivity index (χ2v) is 8.60. The van der Waals surface area contributed by atoms with Crippen LogP contribution in [0.2, 0.25) is 0 Å². The maximum absolute atomic E-state index is 12.0. The van der Waals surface area contributed by atoms with Gasteiger partial charge < -0.3 is 0 Å². The van der Waals surface area contributed by atoms with Crippen LogP contribution in [0, 0.1) is 5.41 Å². The summed E-state index contributed by atoms with van der Waals surface area (Å²) in [4.78, 5) is 12.0. The van der Waals surface area contributed by atoms with Crippen molar-refractivity contribution in [2.75, 3.05) is 0 Å². The molecule has 0 radical (unpaired) electrons. The third-order valence-electron chi connectivity index (χ3n) is 5.08. The highest BCUT2D eigenvalue weighted by Crippen LogP contribution is 2.40. The summed E-state index contributed by atoms with van der Waals surface area (Å²) in [5, 5.41) is 1.25. The molecule has 1 unspecified atom stereocenters. The second kappa shape index (κ2) is 10.9. The van der Waals surface area contributed by atoms with E-state index in [2.05, 4.69) is 97.7 Å². The van der Waals surface area contributed by atoms with Crippen LogP contribution in [0.4, 0.5) is 0 Å². The van der Waals surface area contributed by atoms with Crippen molar-refractivity contribution in [2.24, 2.45) is 5.41 Å².